The number of benzene rings is 2. The molecule has 6 rings (SSSR count). The average Bonchev–Trinajstić information content (AvgIpc) is 3.83. The number of carbonyl (C=O) groups is 2. The lowest BCUT2D eigenvalue weighted by molar-refractivity contribution is -0.123. The first-order valence-electron chi connectivity index (χ1n) is 14.6. The summed E-state index contributed by atoms with van der Waals surface area (Å²) in [6.45, 7) is 1.68. The Balaban J connectivity index is 0.000000181. The topological polar surface area (TPSA) is 134 Å². The van der Waals surface area contributed by atoms with Gasteiger partial charge in [0.15, 0.2) is 0 Å². The van der Waals surface area contributed by atoms with Gasteiger partial charge < -0.3 is 15.2 Å². The standard InChI is InChI=1S/C16H17ClFN3O2.C14H16ClFN6O/c1-21-6-4-14(19-15(22)9-11-5-7-23-20-11)16(21)10-2-3-12(17)13(18)8-10;1-21-5-4-12(18-13(23)7-22-8-17-19-20-22)14(21)9-2-3-10(15)11(16)6-9/h2-3,5,7-8,14,16H,4,6,9H2,1H3,(H,19,22);2-3,6,8,12,14H,4-5,7H2,1H3,(H,18,23). The molecule has 244 valence electrons. The SMILES string of the molecule is CN1CCC(NC(=O)Cc2ccon2)C1c1ccc(Cl)c(F)c1.CN1CCC(NC(=O)Cn2cnnn2)C1c1ccc(Cl)c(F)c1. The normalized spacial score (nSPS) is 21.5. The van der Waals surface area contributed by atoms with Gasteiger partial charge in [0.05, 0.1) is 34.2 Å². The highest BCUT2D eigenvalue weighted by molar-refractivity contribution is 6.31. The van der Waals surface area contributed by atoms with Crippen LogP contribution in [-0.2, 0) is 22.6 Å². The van der Waals surface area contributed by atoms with Crippen molar-refractivity contribution in [3.63, 3.8) is 0 Å². The van der Waals surface area contributed by atoms with Gasteiger partial charge in [-0.05, 0) is 72.8 Å². The maximum Gasteiger partial charge on any atom is 0.242 e. The van der Waals surface area contributed by atoms with Crippen molar-refractivity contribution < 1.29 is 22.9 Å². The summed E-state index contributed by atoms with van der Waals surface area (Å²) in [7, 11) is 3.91. The highest BCUT2D eigenvalue weighted by Gasteiger charge is 2.35. The van der Waals surface area contributed by atoms with Gasteiger partial charge in [-0.3, -0.25) is 19.4 Å². The molecule has 4 unspecified atom stereocenters. The van der Waals surface area contributed by atoms with Crippen LogP contribution >= 0.6 is 23.2 Å². The number of halogens is 4. The van der Waals surface area contributed by atoms with Crippen LogP contribution in [0.25, 0.3) is 0 Å². The maximum absolute atomic E-state index is 13.7. The predicted molar refractivity (Wildman–Crippen MR) is 165 cm³/mol. The zero-order chi connectivity index (χ0) is 32.8. The zero-order valence-electron chi connectivity index (χ0n) is 25.1. The third kappa shape index (κ3) is 8.23. The fraction of sp³-hybridized carbons (Fsp3) is 0.400. The minimum Gasteiger partial charge on any atom is -0.364 e. The van der Waals surface area contributed by atoms with E-state index in [2.05, 4.69) is 41.1 Å². The molecule has 2 N–H and O–H groups in total. The second kappa shape index (κ2) is 15.1. The summed E-state index contributed by atoms with van der Waals surface area (Å²) in [6.07, 6.45) is 4.57. The summed E-state index contributed by atoms with van der Waals surface area (Å²) in [5.74, 6) is -1.21. The molecule has 2 aliphatic heterocycles. The number of likely N-dealkylation sites (N-methyl/N-ethyl adjacent to an activating group) is 2. The van der Waals surface area contributed by atoms with E-state index in [1.54, 1.807) is 30.3 Å². The molecule has 4 heterocycles. The van der Waals surface area contributed by atoms with Crippen LogP contribution in [-0.4, -0.2) is 86.2 Å². The van der Waals surface area contributed by atoms with E-state index in [0.717, 1.165) is 37.1 Å². The van der Waals surface area contributed by atoms with E-state index in [-0.39, 0.29) is 59.0 Å². The fourth-order valence-corrected chi connectivity index (χ4v) is 6.20. The first-order chi connectivity index (χ1) is 22.1. The number of hydrogen-bond donors (Lipinski definition) is 2. The summed E-state index contributed by atoms with van der Waals surface area (Å²) < 4.78 is 33.6. The van der Waals surface area contributed by atoms with Crippen LogP contribution in [0.4, 0.5) is 8.78 Å². The molecule has 2 aliphatic rings. The number of likely N-dealkylation sites (tertiary alicyclic amines) is 2. The summed E-state index contributed by atoms with van der Waals surface area (Å²) >= 11 is 11.5. The number of hydrogen-bond acceptors (Lipinski definition) is 9. The molecule has 0 aliphatic carbocycles. The van der Waals surface area contributed by atoms with Crippen molar-refractivity contribution in [2.45, 2.75) is 50.0 Å². The van der Waals surface area contributed by atoms with Crippen LogP contribution in [0.1, 0.15) is 41.7 Å². The van der Waals surface area contributed by atoms with Gasteiger partial charge in [0.1, 0.15) is 30.8 Å². The molecule has 0 bridgehead atoms. The molecule has 2 aromatic heterocycles. The van der Waals surface area contributed by atoms with Crippen LogP contribution in [0, 0.1) is 11.6 Å². The Bertz CT molecular complexity index is 1510. The van der Waals surface area contributed by atoms with E-state index in [9.17, 15) is 18.4 Å². The fourth-order valence-electron chi connectivity index (χ4n) is 5.97. The Kier molecular flexibility index (Phi) is 10.9. The van der Waals surface area contributed by atoms with Gasteiger partial charge in [0.25, 0.3) is 0 Å². The molecule has 2 saturated heterocycles. The quantitative estimate of drug-likeness (QED) is 0.287. The smallest absolute Gasteiger partial charge is 0.242 e. The van der Waals surface area contributed by atoms with Crippen molar-refractivity contribution in [3.8, 4) is 0 Å². The predicted octanol–water partition coefficient (Wildman–Crippen LogP) is 3.60. The monoisotopic (exact) mass is 675 g/mol. The minimum absolute atomic E-state index is 0.0505. The van der Waals surface area contributed by atoms with Crippen LogP contribution in [0.3, 0.4) is 0 Å². The van der Waals surface area contributed by atoms with Crippen LogP contribution in [0.5, 0.6) is 0 Å². The van der Waals surface area contributed by atoms with Gasteiger partial charge in [-0.2, -0.15) is 0 Å². The highest BCUT2D eigenvalue weighted by Crippen LogP contribution is 2.34. The van der Waals surface area contributed by atoms with Crippen molar-refractivity contribution >= 4 is 35.0 Å². The van der Waals surface area contributed by atoms with Gasteiger partial charge in [0.2, 0.25) is 11.8 Å². The molecule has 0 radical (unpaired) electrons. The Morgan fingerprint density at radius 2 is 1.46 bits per heavy atom. The van der Waals surface area contributed by atoms with E-state index in [1.807, 2.05) is 14.1 Å². The Morgan fingerprint density at radius 1 is 0.891 bits per heavy atom. The van der Waals surface area contributed by atoms with Gasteiger partial charge in [-0.25, -0.2) is 13.5 Å². The first kappa shape index (κ1) is 33.4. The lowest BCUT2D eigenvalue weighted by Gasteiger charge is -2.26. The van der Waals surface area contributed by atoms with E-state index in [4.69, 9.17) is 27.7 Å². The van der Waals surface area contributed by atoms with Gasteiger partial charge in [-0.1, -0.05) is 40.5 Å². The molecule has 0 spiro atoms. The summed E-state index contributed by atoms with van der Waals surface area (Å²) in [4.78, 5) is 28.5. The Labute approximate surface area is 274 Å². The van der Waals surface area contributed by atoms with E-state index >= 15 is 0 Å². The molecule has 2 aromatic carbocycles. The first-order valence-corrected chi connectivity index (χ1v) is 15.3. The Hall–Kier alpha value is -3.98. The molecule has 16 heteroatoms. The molecular formula is C30H33Cl2F2N9O3. The number of nitrogens with one attached hydrogen (secondary N) is 2. The van der Waals surface area contributed by atoms with Gasteiger partial charge >= 0.3 is 0 Å². The van der Waals surface area contributed by atoms with Crippen molar-refractivity contribution in [2.24, 2.45) is 0 Å². The van der Waals surface area contributed by atoms with Crippen molar-refractivity contribution in [3.05, 3.63) is 93.6 Å². The van der Waals surface area contributed by atoms with Crippen molar-refractivity contribution in [1.29, 1.82) is 0 Å². The van der Waals surface area contributed by atoms with Crippen molar-refractivity contribution in [2.75, 3.05) is 27.2 Å². The summed E-state index contributed by atoms with van der Waals surface area (Å²) in [5, 5.41) is 20.6. The largest absolute Gasteiger partial charge is 0.364 e. The molecule has 12 nitrogen and oxygen atoms in total. The van der Waals surface area contributed by atoms with Crippen LogP contribution < -0.4 is 10.6 Å². The third-order valence-corrected chi connectivity index (χ3v) is 8.70. The molecular weight excluding hydrogens is 643 g/mol. The van der Waals surface area contributed by atoms with Crippen LogP contribution in [0.2, 0.25) is 10.0 Å². The molecule has 2 fully saturated rings. The zero-order valence-corrected chi connectivity index (χ0v) is 26.6. The van der Waals surface area contributed by atoms with E-state index < -0.39 is 11.6 Å². The van der Waals surface area contributed by atoms with E-state index in [0.29, 0.717) is 5.69 Å². The highest BCUT2D eigenvalue weighted by atomic mass is 35.5. The lowest BCUT2D eigenvalue weighted by Crippen LogP contribution is -2.40. The molecule has 46 heavy (non-hydrogen) atoms. The summed E-state index contributed by atoms with van der Waals surface area (Å²) in [5.41, 5.74) is 2.18. The van der Waals surface area contributed by atoms with Gasteiger partial charge in [-0.15, -0.1) is 5.10 Å². The minimum atomic E-state index is -0.455. The maximum atomic E-state index is 13.7. The van der Waals surface area contributed by atoms with E-state index in [1.165, 1.54) is 29.4 Å². The molecule has 4 aromatic rings. The number of amides is 2. The Morgan fingerprint density at radius 3 is 1.93 bits per heavy atom. The average molecular weight is 677 g/mol. The molecule has 0 saturated carbocycles. The summed E-state index contributed by atoms with van der Waals surface area (Å²) in [6, 6.07) is 10.8. The van der Waals surface area contributed by atoms with Crippen LogP contribution in [0.15, 0.2) is 59.6 Å². The number of carbonyl (C=O) groups excluding carboxylic acids is 2. The second-order valence-electron chi connectivity index (χ2n) is 11.3. The van der Waals surface area contributed by atoms with Gasteiger partial charge in [0, 0.05) is 31.2 Å². The lowest BCUT2D eigenvalue weighted by atomic mass is 10.00. The van der Waals surface area contributed by atoms with Crippen molar-refractivity contribution in [1.82, 2.24) is 45.8 Å². The number of rotatable bonds is 8. The number of aromatic nitrogens is 5. The molecule has 4 atom stereocenters. The third-order valence-electron chi connectivity index (χ3n) is 8.09. The number of nitrogens with zero attached hydrogens (tertiary/aromatic N) is 7. The number of tetrazole rings is 1. The second-order valence-corrected chi connectivity index (χ2v) is 12.1. The molecule has 2 amide bonds.